The molecule has 34 heavy (non-hydrogen) atoms. The van der Waals surface area contributed by atoms with E-state index in [1.54, 1.807) is 60.9 Å². The highest BCUT2D eigenvalue weighted by Crippen LogP contribution is 2.35. The number of pyridine rings is 3. The lowest BCUT2D eigenvalue weighted by atomic mass is 10.0. The normalized spacial score (nSPS) is 12.7. The highest BCUT2D eigenvalue weighted by Gasteiger charge is 2.34. The second kappa shape index (κ2) is 8.30. The van der Waals surface area contributed by atoms with Gasteiger partial charge in [0.05, 0.1) is 28.2 Å². The van der Waals surface area contributed by atoms with Gasteiger partial charge in [-0.1, -0.05) is 30.3 Å². The summed E-state index contributed by atoms with van der Waals surface area (Å²) >= 11 is 0. The maximum absolute atomic E-state index is 13.8. The Morgan fingerprint density at radius 1 is 0.912 bits per heavy atom. The lowest BCUT2D eigenvalue weighted by Crippen LogP contribution is -2.27. The Bertz CT molecular complexity index is 1560. The third kappa shape index (κ3) is 3.77. The van der Waals surface area contributed by atoms with E-state index in [1.165, 1.54) is 16.7 Å². The van der Waals surface area contributed by atoms with Crippen LogP contribution in [0.4, 0.5) is 18.9 Å². The van der Waals surface area contributed by atoms with Crippen LogP contribution < -0.4 is 10.9 Å². The summed E-state index contributed by atoms with van der Waals surface area (Å²) in [6.45, 7) is 1.85. The van der Waals surface area contributed by atoms with Crippen molar-refractivity contribution in [2.75, 3.05) is 5.32 Å². The minimum atomic E-state index is -4.65. The molecule has 3 aromatic heterocycles. The summed E-state index contributed by atoms with van der Waals surface area (Å²) in [6, 6.07) is 19.0. The molecule has 0 spiro atoms. The summed E-state index contributed by atoms with van der Waals surface area (Å²) in [4.78, 5) is 22.3. The van der Waals surface area contributed by atoms with Gasteiger partial charge in [0, 0.05) is 23.8 Å². The first-order valence-corrected chi connectivity index (χ1v) is 10.6. The molecule has 2 aromatic carbocycles. The molecular formula is C26H19F3N4O. The van der Waals surface area contributed by atoms with Crippen LogP contribution in [0.5, 0.6) is 0 Å². The highest BCUT2D eigenvalue weighted by molar-refractivity contribution is 5.88. The topological polar surface area (TPSA) is 59.8 Å². The number of hydrogen-bond donors (Lipinski definition) is 1. The van der Waals surface area contributed by atoms with E-state index in [4.69, 9.17) is 0 Å². The maximum atomic E-state index is 13.8. The fourth-order valence-electron chi connectivity index (χ4n) is 4.18. The summed E-state index contributed by atoms with van der Waals surface area (Å²) in [6.07, 6.45) is -1.34. The second-order valence-corrected chi connectivity index (χ2v) is 7.91. The molecule has 8 heteroatoms. The molecule has 0 aliphatic heterocycles. The number of rotatable bonds is 4. The van der Waals surface area contributed by atoms with E-state index in [1.807, 2.05) is 13.0 Å². The predicted octanol–water partition coefficient (Wildman–Crippen LogP) is 6.13. The smallest absolute Gasteiger partial charge is 0.375 e. The van der Waals surface area contributed by atoms with Gasteiger partial charge in [-0.25, -0.2) is 0 Å². The number of nitrogens with zero attached hydrogens (tertiary/aromatic N) is 3. The molecule has 0 aliphatic rings. The van der Waals surface area contributed by atoms with Crippen LogP contribution in [0.2, 0.25) is 0 Å². The summed E-state index contributed by atoms with van der Waals surface area (Å²) in [5.74, 6) is 0. The molecule has 0 saturated heterocycles. The number of hydrogen-bond acceptors (Lipinski definition) is 4. The first-order chi connectivity index (χ1) is 16.3. The molecule has 5 rings (SSSR count). The fourth-order valence-corrected chi connectivity index (χ4v) is 4.18. The van der Waals surface area contributed by atoms with Crippen molar-refractivity contribution in [3.05, 3.63) is 107 Å². The second-order valence-electron chi connectivity index (χ2n) is 7.91. The number of fused-ring (bicyclic) bond motifs is 2. The third-order valence-corrected chi connectivity index (χ3v) is 5.71. The summed E-state index contributed by atoms with van der Waals surface area (Å²) in [5, 5.41) is 3.24. The van der Waals surface area contributed by atoms with Crippen LogP contribution in [0.15, 0.2) is 90.0 Å². The molecule has 5 aromatic rings. The Hall–Kier alpha value is -4.20. The van der Waals surface area contributed by atoms with Crippen molar-refractivity contribution in [1.82, 2.24) is 14.5 Å². The van der Waals surface area contributed by atoms with Crippen LogP contribution in [0.1, 0.15) is 24.2 Å². The van der Waals surface area contributed by atoms with Crippen LogP contribution in [0, 0.1) is 0 Å². The first kappa shape index (κ1) is 21.6. The van der Waals surface area contributed by atoms with Gasteiger partial charge >= 0.3 is 6.18 Å². The zero-order valence-corrected chi connectivity index (χ0v) is 18.0. The number of halogens is 3. The number of alkyl halides is 3. The van der Waals surface area contributed by atoms with E-state index >= 15 is 0 Å². The van der Waals surface area contributed by atoms with Gasteiger partial charge in [-0.2, -0.15) is 13.2 Å². The molecule has 0 radical (unpaired) electrons. The van der Waals surface area contributed by atoms with Crippen molar-refractivity contribution < 1.29 is 13.2 Å². The molecule has 0 aliphatic carbocycles. The summed E-state index contributed by atoms with van der Waals surface area (Å²) in [7, 11) is 0. The largest absolute Gasteiger partial charge is 0.417 e. The minimum Gasteiger partial charge on any atom is -0.375 e. The summed E-state index contributed by atoms with van der Waals surface area (Å²) < 4.78 is 42.6. The number of anilines is 1. The van der Waals surface area contributed by atoms with Gasteiger partial charge in [0.25, 0.3) is 5.56 Å². The molecule has 170 valence electrons. The van der Waals surface area contributed by atoms with E-state index in [2.05, 4.69) is 15.3 Å². The van der Waals surface area contributed by atoms with Gasteiger partial charge in [-0.15, -0.1) is 0 Å². The van der Waals surface area contributed by atoms with Gasteiger partial charge in [0.1, 0.15) is 5.52 Å². The van der Waals surface area contributed by atoms with Gasteiger partial charge in [-0.3, -0.25) is 19.3 Å². The van der Waals surface area contributed by atoms with Crippen LogP contribution in [-0.2, 0) is 6.18 Å². The maximum Gasteiger partial charge on any atom is 0.417 e. The van der Waals surface area contributed by atoms with Crippen molar-refractivity contribution in [2.24, 2.45) is 0 Å². The number of aromatic nitrogens is 3. The van der Waals surface area contributed by atoms with Crippen molar-refractivity contribution in [3.8, 4) is 5.69 Å². The monoisotopic (exact) mass is 460 g/mol. The Balaban J connectivity index is 1.74. The average molecular weight is 460 g/mol. The Morgan fingerprint density at radius 2 is 1.71 bits per heavy atom. The van der Waals surface area contributed by atoms with Crippen molar-refractivity contribution in [1.29, 1.82) is 0 Å². The molecule has 3 heterocycles. The molecule has 0 saturated carbocycles. The van der Waals surface area contributed by atoms with Crippen LogP contribution in [0.25, 0.3) is 27.5 Å². The van der Waals surface area contributed by atoms with Gasteiger partial charge in [0.2, 0.25) is 0 Å². The molecular weight excluding hydrogens is 441 g/mol. The van der Waals surface area contributed by atoms with Gasteiger partial charge < -0.3 is 5.32 Å². The first-order valence-electron chi connectivity index (χ1n) is 10.6. The van der Waals surface area contributed by atoms with Crippen molar-refractivity contribution in [2.45, 2.75) is 19.1 Å². The lowest BCUT2D eigenvalue weighted by Gasteiger charge is -2.23. The highest BCUT2D eigenvalue weighted by atomic mass is 19.4. The third-order valence-electron chi connectivity index (χ3n) is 5.71. The molecule has 0 fully saturated rings. The quantitative estimate of drug-likeness (QED) is 0.351. The molecule has 5 nitrogen and oxygen atoms in total. The molecule has 0 amide bonds. The Morgan fingerprint density at radius 3 is 2.47 bits per heavy atom. The van der Waals surface area contributed by atoms with Crippen LogP contribution in [0.3, 0.4) is 0 Å². The zero-order chi connectivity index (χ0) is 23.9. The molecule has 0 bridgehead atoms. The number of para-hydroxylation sites is 1. The standard InChI is InChI=1S/C26H19F3N4O/c1-16(32-21-12-14-30-20-11-6-13-31-24(20)21)22-15-17-7-5-10-19(26(27,28)29)23(17)25(34)33(22)18-8-3-2-4-9-18/h2-16H,1H3,(H,30,32)/t16-/m0/s1. The van der Waals surface area contributed by atoms with Crippen LogP contribution >= 0.6 is 0 Å². The molecule has 0 unspecified atom stereocenters. The fraction of sp³-hybridized carbons (Fsp3) is 0.115. The van der Waals surface area contributed by atoms with Gasteiger partial charge in [0.15, 0.2) is 0 Å². The zero-order valence-electron chi connectivity index (χ0n) is 18.0. The average Bonchev–Trinajstić information content (AvgIpc) is 2.83. The Labute approximate surface area is 192 Å². The number of nitrogens with one attached hydrogen (secondary N) is 1. The number of benzene rings is 2. The van der Waals surface area contributed by atoms with E-state index in [9.17, 15) is 18.0 Å². The SMILES string of the molecule is C[C@H](Nc1ccnc2cccnc12)c1cc2cccc(C(F)(F)F)c2c(=O)n1-c1ccccc1. The van der Waals surface area contributed by atoms with E-state index < -0.39 is 23.3 Å². The Kier molecular flexibility index (Phi) is 5.28. The summed E-state index contributed by atoms with van der Waals surface area (Å²) in [5.41, 5.74) is 1.39. The van der Waals surface area contributed by atoms with Crippen molar-refractivity contribution in [3.63, 3.8) is 0 Å². The molecule has 1 N–H and O–H groups in total. The van der Waals surface area contributed by atoms with E-state index in [-0.39, 0.29) is 10.8 Å². The molecule has 1 atom stereocenters. The van der Waals surface area contributed by atoms with E-state index in [0.29, 0.717) is 28.1 Å². The van der Waals surface area contributed by atoms with Crippen LogP contribution in [-0.4, -0.2) is 14.5 Å². The predicted molar refractivity (Wildman–Crippen MR) is 126 cm³/mol. The lowest BCUT2D eigenvalue weighted by molar-refractivity contribution is -0.136. The van der Waals surface area contributed by atoms with E-state index in [0.717, 1.165) is 6.07 Å². The minimum absolute atomic E-state index is 0.230. The van der Waals surface area contributed by atoms with Gasteiger partial charge in [-0.05, 0) is 54.8 Å². The van der Waals surface area contributed by atoms with Crippen molar-refractivity contribution >= 4 is 27.5 Å².